The highest BCUT2D eigenvalue weighted by Gasteiger charge is 2.08. The lowest BCUT2D eigenvalue weighted by Gasteiger charge is -2.03. The molecule has 1 heterocycles. The fourth-order valence-corrected chi connectivity index (χ4v) is 1.33. The highest BCUT2D eigenvalue weighted by atomic mass is 16.7. The van der Waals surface area contributed by atoms with Gasteiger partial charge in [0.1, 0.15) is 16.8 Å². The van der Waals surface area contributed by atoms with Crippen LogP contribution in [0.5, 0.6) is 0 Å². The van der Waals surface area contributed by atoms with E-state index in [4.69, 9.17) is 4.84 Å². The molecule has 0 amide bonds. The summed E-state index contributed by atoms with van der Waals surface area (Å²) in [5.41, 5.74) is 1.92. The van der Waals surface area contributed by atoms with Crippen molar-refractivity contribution in [2.75, 3.05) is 0 Å². The van der Waals surface area contributed by atoms with Crippen molar-refractivity contribution < 1.29 is 9.63 Å². The number of aromatic nitrogens is 3. The van der Waals surface area contributed by atoms with Gasteiger partial charge in [0.05, 0.1) is 0 Å². The van der Waals surface area contributed by atoms with E-state index < -0.39 is 0 Å². The Morgan fingerprint density at radius 1 is 1.44 bits per heavy atom. The van der Waals surface area contributed by atoms with E-state index in [2.05, 4.69) is 16.9 Å². The molecule has 0 radical (unpaired) electrons. The van der Waals surface area contributed by atoms with Gasteiger partial charge in [-0.3, -0.25) is 4.79 Å². The largest absolute Gasteiger partial charge is 0.361 e. The summed E-state index contributed by atoms with van der Waals surface area (Å²) >= 11 is 0. The van der Waals surface area contributed by atoms with Gasteiger partial charge in [-0.25, -0.2) is 0 Å². The quantitative estimate of drug-likeness (QED) is 0.578. The van der Waals surface area contributed by atoms with Gasteiger partial charge in [0.2, 0.25) is 0 Å². The first-order chi connectivity index (χ1) is 7.58. The Labute approximate surface area is 92.3 Å². The van der Waals surface area contributed by atoms with Crippen molar-refractivity contribution in [1.82, 2.24) is 15.2 Å². The summed E-state index contributed by atoms with van der Waals surface area (Å²) in [5.74, 6) is 0.491. The van der Waals surface area contributed by atoms with Crippen molar-refractivity contribution in [3.05, 3.63) is 36.1 Å². The van der Waals surface area contributed by atoms with Gasteiger partial charge in [0.25, 0.3) is 0 Å². The van der Waals surface area contributed by atoms with Crippen molar-refractivity contribution in [3.8, 4) is 0 Å². The lowest BCUT2D eigenvalue weighted by Crippen LogP contribution is -2.10. The number of carbonyl (C=O) groups is 1. The second-order valence-electron chi connectivity index (χ2n) is 3.52. The maximum atomic E-state index is 11.2. The molecule has 0 aliphatic rings. The van der Waals surface area contributed by atoms with Crippen molar-refractivity contribution in [2.45, 2.75) is 13.8 Å². The summed E-state index contributed by atoms with van der Waals surface area (Å²) in [6, 6.07) is 5.14. The van der Waals surface area contributed by atoms with Crippen LogP contribution in [0.4, 0.5) is 0 Å². The Morgan fingerprint density at radius 3 is 2.81 bits per heavy atom. The van der Waals surface area contributed by atoms with Crippen molar-refractivity contribution in [2.24, 2.45) is 0 Å². The van der Waals surface area contributed by atoms with Crippen LogP contribution in [0.3, 0.4) is 0 Å². The van der Waals surface area contributed by atoms with Crippen LogP contribution in [0.2, 0.25) is 0 Å². The molecule has 0 N–H and O–H groups in total. The van der Waals surface area contributed by atoms with Crippen LogP contribution >= 0.6 is 0 Å². The normalized spacial score (nSPS) is 10.4. The van der Waals surface area contributed by atoms with Gasteiger partial charge in [-0.05, 0) is 37.3 Å². The first kappa shape index (κ1) is 10.4. The van der Waals surface area contributed by atoms with Crippen molar-refractivity contribution in [3.63, 3.8) is 0 Å². The molecule has 16 heavy (non-hydrogen) atoms. The number of carbonyl (C=O) groups excluding carboxylic acids is 1. The van der Waals surface area contributed by atoms with Crippen LogP contribution in [-0.4, -0.2) is 20.9 Å². The summed E-state index contributed by atoms with van der Waals surface area (Å²) in [6.07, 6.45) is 0. The van der Waals surface area contributed by atoms with Crippen molar-refractivity contribution >= 4 is 16.8 Å². The third-order valence-corrected chi connectivity index (χ3v) is 2.06. The number of Topliss-reactive ketones (excluding diaryl/α,β-unsaturated/α-hetero) is 1. The zero-order valence-corrected chi connectivity index (χ0v) is 9.10. The van der Waals surface area contributed by atoms with Crippen LogP contribution in [-0.2, 0) is 0 Å². The number of benzene rings is 1. The third kappa shape index (κ3) is 1.79. The minimum atomic E-state index is -0.00928. The van der Waals surface area contributed by atoms with Gasteiger partial charge < -0.3 is 4.84 Å². The number of hydrogen-bond donors (Lipinski definition) is 0. The number of rotatable bonds is 3. The molecule has 0 saturated heterocycles. The van der Waals surface area contributed by atoms with E-state index in [0.717, 1.165) is 0 Å². The summed E-state index contributed by atoms with van der Waals surface area (Å²) < 4.78 is 0. The van der Waals surface area contributed by atoms with E-state index in [0.29, 0.717) is 22.4 Å². The minimum Gasteiger partial charge on any atom is -0.361 e. The topological polar surface area (TPSA) is 57.0 Å². The first-order valence-electron chi connectivity index (χ1n) is 4.78. The number of allylic oxidation sites excluding steroid dienone is 1. The predicted octanol–water partition coefficient (Wildman–Crippen LogP) is 1.60. The summed E-state index contributed by atoms with van der Waals surface area (Å²) in [4.78, 5) is 17.7. The molecular formula is C11H11N3O2. The van der Waals surface area contributed by atoms with Gasteiger partial charge in [-0.1, -0.05) is 11.4 Å². The molecule has 5 nitrogen and oxygen atoms in total. The zero-order chi connectivity index (χ0) is 11.7. The van der Waals surface area contributed by atoms with Gasteiger partial charge in [-0.15, -0.1) is 5.10 Å². The van der Waals surface area contributed by atoms with E-state index in [1.54, 1.807) is 25.1 Å². The van der Waals surface area contributed by atoms with Crippen LogP contribution in [0, 0.1) is 0 Å². The van der Waals surface area contributed by atoms with Crippen LogP contribution in [0.15, 0.2) is 30.5 Å². The average Bonchev–Trinajstić information content (AvgIpc) is 2.60. The van der Waals surface area contributed by atoms with Crippen LogP contribution in [0.25, 0.3) is 11.0 Å². The van der Waals surface area contributed by atoms with Gasteiger partial charge in [-0.2, -0.15) is 0 Å². The lowest BCUT2D eigenvalue weighted by molar-refractivity contribution is 0.101. The van der Waals surface area contributed by atoms with E-state index in [-0.39, 0.29) is 5.78 Å². The molecule has 0 atom stereocenters. The molecule has 1 aromatic heterocycles. The molecule has 2 aromatic rings. The van der Waals surface area contributed by atoms with E-state index >= 15 is 0 Å². The number of hydrogen-bond acceptors (Lipinski definition) is 4. The Bertz CT molecular complexity index is 572. The molecule has 5 heteroatoms. The first-order valence-corrected chi connectivity index (χ1v) is 4.78. The van der Waals surface area contributed by atoms with Gasteiger partial charge in [0, 0.05) is 5.56 Å². The monoisotopic (exact) mass is 217 g/mol. The molecule has 0 unspecified atom stereocenters. The Balaban J connectivity index is 2.55. The molecule has 0 bridgehead atoms. The fraction of sp³-hybridized carbons (Fsp3) is 0.182. The molecule has 0 saturated carbocycles. The molecule has 2 rings (SSSR count). The smallest absolute Gasteiger partial charge is 0.159 e. The van der Waals surface area contributed by atoms with E-state index in [1.165, 1.54) is 11.8 Å². The molecule has 0 spiro atoms. The summed E-state index contributed by atoms with van der Waals surface area (Å²) in [7, 11) is 0. The zero-order valence-electron chi connectivity index (χ0n) is 9.10. The van der Waals surface area contributed by atoms with Crippen molar-refractivity contribution in [1.29, 1.82) is 0 Å². The maximum Gasteiger partial charge on any atom is 0.159 e. The predicted molar refractivity (Wildman–Crippen MR) is 58.9 cm³/mol. The maximum absolute atomic E-state index is 11.2. The molecule has 1 aromatic carbocycles. The van der Waals surface area contributed by atoms with Gasteiger partial charge in [0.15, 0.2) is 5.78 Å². The molecule has 0 fully saturated rings. The highest BCUT2D eigenvalue weighted by Crippen LogP contribution is 2.13. The van der Waals surface area contributed by atoms with E-state index in [1.807, 2.05) is 0 Å². The van der Waals surface area contributed by atoms with Gasteiger partial charge >= 0.3 is 0 Å². The molecular weight excluding hydrogens is 206 g/mol. The second kappa shape index (κ2) is 3.77. The summed E-state index contributed by atoms with van der Waals surface area (Å²) in [6.45, 7) is 6.84. The Hall–Kier alpha value is -2.17. The number of nitrogens with zero attached hydrogens (tertiary/aromatic N) is 3. The minimum absolute atomic E-state index is 0.00928. The third-order valence-electron chi connectivity index (χ3n) is 2.06. The fourth-order valence-electron chi connectivity index (χ4n) is 1.33. The van der Waals surface area contributed by atoms with Crippen LogP contribution in [0.1, 0.15) is 24.2 Å². The Kier molecular flexibility index (Phi) is 2.44. The molecule has 82 valence electrons. The SMILES string of the molecule is C=C(C)On1nnc2ccc(C(C)=O)cc21. The number of ketones is 1. The molecule has 0 aliphatic heterocycles. The standard InChI is InChI=1S/C11H11N3O2/c1-7(2)16-14-11-6-9(8(3)15)4-5-10(11)12-13-14/h4-6H,1H2,2-3H3. The Morgan fingerprint density at radius 2 is 2.19 bits per heavy atom. The molecule has 0 aliphatic carbocycles. The average molecular weight is 217 g/mol. The van der Waals surface area contributed by atoms with E-state index in [9.17, 15) is 4.79 Å². The summed E-state index contributed by atoms with van der Waals surface area (Å²) in [5, 5.41) is 7.72. The highest BCUT2D eigenvalue weighted by molar-refractivity contribution is 5.97. The lowest BCUT2D eigenvalue weighted by atomic mass is 10.1. The second-order valence-corrected chi connectivity index (χ2v) is 3.52. The number of fused-ring (bicyclic) bond motifs is 1. The van der Waals surface area contributed by atoms with Crippen LogP contribution < -0.4 is 4.84 Å².